The number of nitrogens with one attached hydrogen (secondary N) is 1. The van der Waals surface area contributed by atoms with Crippen LogP contribution in [0.2, 0.25) is 0 Å². The van der Waals surface area contributed by atoms with Crippen molar-refractivity contribution in [3.05, 3.63) is 18.5 Å². The number of carbonyl (C=O) groups excluding carboxylic acids is 1. The van der Waals surface area contributed by atoms with Gasteiger partial charge in [-0.2, -0.15) is 5.10 Å². The standard InChI is InChI=1S/C13H21N3O4/c17-9-11-13(19)10(4-8-20-11)15-12(18)3-1-6-16-7-2-5-14-16/h2,5,7,10-11,13,17,19H,1,3-4,6,8-9H2,(H,15,18)/t10-,11+,13-/m0/s1. The van der Waals surface area contributed by atoms with Crippen LogP contribution in [0.25, 0.3) is 0 Å². The third kappa shape index (κ3) is 4.03. The van der Waals surface area contributed by atoms with Gasteiger partial charge < -0.3 is 20.3 Å². The number of nitrogens with zero attached hydrogens (tertiary/aromatic N) is 2. The first-order chi connectivity index (χ1) is 9.70. The van der Waals surface area contributed by atoms with E-state index in [4.69, 9.17) is 9.84 Å². The van der Waals surface area contributed by atoms with Crippen LogP contribution in [0, 0.1) is 0 Å². The third-order valence-corrected chi connectivity index (χ3v) is 3.43. The van der Waals surface area contributed by atoms with Gasteiger partial charge >= 0.3 is 0 Å². The summed E-state index contributed by atoms with van der Waals surface area (Å²) in [6.07, 6.45) is 3.72. The maximum Gasteiger partial charge on any atom is 0.220 e. The Kier molecular flexibility index (Phi) is 5.51. The molecule has 3 N–H and O–H groups in total. The fourth-order valence-corrected chi connectivity index (χ4v) is 2.31. The minimum absolute atomic E-state index is 0.0974. The van der Waals surface area contributed by atoms with Crippen molar-refractivity contribution in [3.8, 4) is 0 Å². The molecule has 0 unspecified atom stereocenters. The summed E-state index contributed by atoms with van der Waals surface area (Å²) in [7, 11) is 0. The van der Waals surface area contributed by atoms with E-state index in [9.17, 15) is 9.90 Å². The van der Waals surface area contributed by atoms with E-state index >= 15 is 0 Å². The predicted molar refractivity (Wildman–Crippen MR) is 70.8 cm³/mol. The fourth-order valence-electron chi connectivity index (χ4n) is 2.31. The van der Waals surface area contributed by atoms with E-state index in [0.717, 1.165) is 0 Å². The first-order valence-electron chi connectivity index (χ1n) is 6.88. The van der Waals surface area contributed by atoms with Gasteiger partial charge in [0.2, 0.25) is 5.91 Å². The van der Waals surface area contributed by atoms with E-state index in [-0.39, 0.29) is 18.6 Å². The van der Waals surface area contributed by atoms with Crippen LogP contribution in [0.4, 0.5) is 0 Å². The number of aromatic nitrogens is 2. The summed E-state index contributed by atoms with van der Waals surface area (Å²) in [5, 5.41) is 25.9. The van der Waals surface area contributed by atoms with Crippen LogP contribution < -0.4 is 5.32 Å². The Morgan fingerprint density at radius 3 is 3.10 bits per heavy atom. The Bertz CT molecular complexity index is 410. The molecular weight excluding hydrogens is 262 g/mol. The third-order valence-electron chi connectivity index (χ3n) is 3.43. The molecule has 112 valence electrons. The lowest BCUT2D eigenvalue weighted by molar-refractivity contribution is -0.131. The molecule has 1 aliphatic heterocycles. The van der Waals surface area contributed by atoms with Crippen molar-refractivity contribution in [2.24, 2.45) is 0 Å². The monoisotopic (exact) mass is 283 g/mol. The fraction of sp³-hybridized carbons (Fsp3) is 0.692. The van der Waals surface area contributed by atoms with E-state index in [1.807, 2.05) is 12.3 Å². The highest BCUT2D eigenvalue weighted by atomic mass is 16.5. The molecule has 0 bridgehead atoms. The highest BCUT2D eigenvalue weighted by molar-refractivity contribution is 5.76. The lowest BCUT2D eigenvalue weighted by Gasteiger charge is -2.34. The molecule has 0 radical (unpaired) electrons. The summed E-state index contributed by atoms with van der Waals surface area (Å²) in [6.45, 7) is 0.878. The summed E-state index contributed by atoms with van der Waals surface area (Å²) in [6, 6.07) is 1.49. The Morgan fingerprint density at radius 1 is 1.55 bits per heavy atom. The Morgan fingerprint density at radius 2 is 2.40 bits per heavy atom. The summed E-state index contributed by atoms with van der Waals surface area (Å²) >= 11 is 0. The molecule has 1 saturated heterocycles. The smallest absolute Gasteiger partial charge is 0.220 e. The van der Waals surface area contributed by atoms with Crippen LogP contribution in [0.15, 0.2) is 18.5 Å². The molecule has 7 heteroatoms. The van der Waals surface area contributed by atoms with Crippen molar-refractivity contribution < 1.29 is 19.7 Å². The number of hydrogen-bond donors (Lipinski definition) is 3. The van der Waals surface area contributed by atoms with Crippen LogP contribution >= 0.6 is 0 Å². The first kappa shape index (κ1) is 15.0. The number of aliphatic hydroxyl groups is 2. The molecule has 1 aliphatic rings. The Balaban J connectivity index is 1.70. The van der Waals surface area contributed by atoms with Gasteiger partial charge in [0.05, 0.1) is 12.6 Å². The lowest BCUT2D eigenvalue weighted by atomic mass is 10.00. The minimum Gasteiger partial charge on any atom is -0.394 e. The molecule has 0 aromatic carbocycles. The lowest BCUT2D eigenvalue weighted by Crippen LogP contribution is -2.54. The molecule has 20 heavy (non-hydrogen) atoms. The molecule has 1 aromatic rings. The molecule has 2 rings (SSSR count). The van der Waals surface area contributed by atoms with Crippen LogP contribution in [-0.2, 0) is 16.1 Å². The van der Waals surface area contributed by atoms with Gasteiger partial charge in [-0.1, -0.05) is 0 Å². The second-order valence-electron chi connectivity index (χ2n) is 4.92. The maximum absolute atomic E-state index is 11.8. The van der Waals surface area contributed by atoms with E-state index in [0.29, 0.717) is 32.4 Å². The zero-order chi connectivity index (χ0) is 14.4. The number of rotatable bonds is 6. The second kappa shape index (κ2) is 7.37. The predicted octanol–water partition coefficient (Wildman–Crippen LogP) is -0.710. The first-order valence-corrected chi connectivity index (χ1v) is 6.88. The maximum atomic E-state index is 11.8. The van der Waals surface area contributed by atoms with Gasteiger partial charge in [-0.3, -0.25) is 9.48 Å². The molecule has 3 atom stereocenters. The molecular formula is C13H21N3O4. The Labute approximate surface area is 117 Å². The molecule has 1 aromatic heterocycles. The number of hydrogen-bond acceptors (Lipinski definition) is 5. The van der Waals surface area contributed by atoms with Gasteiger partial charge in [0.25, 0.3) is 0 Å². The number of amides is 1. The van der Waals surface area contributed by atoms with Crippen molar-refractivity contribution in [2.45, 2.75) is 44.1 Å². The van der Waals surface area contributed by atoms with Crippen LogP contribution in [0.3, 0.4) is 0 Å². The molecule has 0 aliphatic carbocycles. The zero-order valence-electron chi connectivity index (χ0n) is 11.3. The quantitative estimate of drug-likeness (QED) is 0.641. The van der Waals surface area contributed by atoms with Gasteiger partial charge in [-0.05, 0) is 18.9 Å². The van der Waals surface area contributed by atoms with Crippen molar-refractivity contribution in [3.63, 3.8) is 0 Å². The van der Waals surface area contributed by atoms with Gasteiger partial charge in [0.1, 0.15) is 12.2 Å². The van der Waals surface area contributed by atoms with Gasteiger partial charge in [-0.25, -0.2) is 0 Å². The van der Waals surface area contributed by atoms with Gasteiger partial charge in [0, 0.05) is 32.0 Å². The van der Waals surface area contributed by atoms with Crippen LogP contribution in [-0.4, -0.2) is 57.4 Å². The van der Waals surface area contributed by atoms with Crippen molar-refractivity contribution in [1.29, 1.82) is 0 Å². The van der Waals surface area contributed by atoms with Crippen molar-refractivity contribution in [1.82, 2.24) is 15.1 Å². The van der Waals surface area contributed by atoms with E-state index in [2.05, 4.69) is 10.4 Å². The SMILES string of the molecule is O=C(CCCn1cccn1)N[C@H]1CCO[C@H](CO)[C@H]1O. The van der Waals surface area contributed by atoms with Crippen molar-refractivity contribution >= 4 is 5.91 Å². The molecule has 7 nitrogen and oxygen atoms in total. The van der Waals surface area contributed by atoms with E-state index in [1.165, 1.54) is 0 Å². The molecule has 0 saturated carbocycles. The highest BCUT2D eigenvalue weighted by Crippen LogP contribution is 2.14. The zero-order valence-corrected chi connectivity index (χ0v) is 11.3. The van der Waals surface area contributed by atoms with Crippen LogP contribution in [0.1, 0.15) is 19.3 Å². The number of aliphatic hydroxyl groups excluding tert-OH is 2. The summed E-state index contributed by atoms with van der Waals surface area (Å²) in [5.74, 6) is -0.0974. The van der Waals surface area contributed by atoms with Gasteiger partial charge in [-0.15, -0.1) is 0 Å². The van der Waals surface area contributed by atoms with Crippen molar-refractivity contribution in [2.75, 3.05) is 13.2 Å². The number of carbonyl (C=O) groups is 1. The molecule has 2 heterocycles. The summed E-state index contributed by atoms with van der Waals surface area (Å²) in [5.41, 5.74) is 0. The average Bonchev–Trinajstić information content (AvgIpc) is 2.94. The van der Waals surface area contributed by atoms with E-state index < -0.39 is 12.2 Å². The summed E-state index contributed by atoms with van der Waals surface area (Å²) in [4.78, 5) is 11.8. The normalized spacial score (nSPS) is 26.4. The average molecular weight is 283 g/mol. The molecule has 0 spiro atoms. The highest BCUT2D eigenvalue weighted by Gasteiger charge is 2.32. The largest absolute Gasteiger partial charge is 0.394 e. The van der Waals surface area contributed by atoms with E-state index in [1.54, 1.807) is 10.9 Å². The Hall–Kier alpha value is -1.44. The minimum atomic E-state index is -0.858. The topological polar surface area (TPSA) is 96.6 Å². The van der Waals surface area contributed by atoms with Gasteiger partial charge in [0.15, 0.2) is 0 Å². The second-order valence-corrected chi connectivity index (χ2v) is 4.92. The molecule has 1 fully saturated rings. The summed E-state index contributed by atoms with van der Waals surface area (Å²) < 4.78 is 6.99. The van der Waals surface area contributed by atoms with Crippen LogP contribution in [0.5, 0.6) is 0 Å². The number of aryl methyl sites for hydroxylation is 1. The number of ether oxygens (including phenoxy) is 1. The molecule has 1 amide bonds.